The maximum atomic E-state index is 11.9. The molecule has 0 saturated carbocycles. The molecule has 2 rings (SSSR count). The van der Waals surface area contributed by atoms with Gasteiger partial charge in [-0.2, -0.15) is 5.10 Å². The number of ketones is 1. The third-order valence-corrected chi connectivity index (χ3v) is 2.97. The number of carbonyl (C=O) groups is 1. The van der Waals surface area contributed by atoms with Crippen molar-refractivity contribution in [3.05, 3.63) is 47.8 Å². The second kappa shape index (κ2) is 5.17. The third kappa shape index (κ3) is 2.35. The van der Waals surface area contributed by atoms with Gasteiger partial charge in [0, 0.05) is 18.2 Å². The van der Waals surface area contributed by atoms with Crippen molar-refractivity contribution in [1.29, 1.82) is 0 Å². The molecule has 0 N–H and O–H groups in total. The molecule has 0 atom stereocenters. The predicted octanol–water partition coefficient (Wildman–Crippen LogP) is 3.59. The number of para-hydroxylation sites is 1. The highest BCUT2D eigenvalue weighted by molar-refractivity contribution is 5.99. The van der Waals surface area contributed by atoms with E-state index in [1.807, 2.05) is 43.5 Å². The SMILES string of the molecule is CCC(=O)c1ccccc1-n1ccc(C(C)C)n1. The Balaban J connectivity index is 2.46. The number of hydrogen-bond donors (Lipinski definition) is 0. The lowest BCUT2D eigenvalue weighted by molar-refractivity contribution is 0.0988. The lowest BCUT2D eigenvalue weighted by Crippen LogP contribution is -2.06. The molecule has 1 aromatic carbocycles. The average Bonchev–Trinajstić information content (AvgIpc) is 2.87. The Labute approximate surface area is 107 Å². The molecule has 0 aliphatic heterocycles. The van der Waals surface area contributed by atoms with E-state index in [-0.39, 0.29) is 5.78 Å². The van der Waals surface area contributed by atoms with Crippen LogP contribution < -0.4 is 0 Å². The van der Waals surface area contributed by atoms with Crippen LogP contribution >= 0.6 is 0 Å². The number of aromatic nitrogens is 2. The van der Waals surface area contributed by atoms with Gasteiger partial charge in [0.1, 0.15) is 0 Å². The van der Waals surface area contributed by atoms with Crippen molar-refractivity contribution in [2.24, 2.45) is 0 Å². The molecule has 18 heavy (non-hydrogen) atoms. The molecule has 2 aromatic rings. The number of carbonyl (C=O) groups excluding carboxylic acids is 1. The monoisotopic (exact) mass is 242 g/mol. The van der Waals surface area contributed by atoms with Crippen molar-refractivity contribution < 1.29 is 4.79 Å². The van der Waals surface area contributed by atoms with E-state index in [9.17, 15) is 4.79 Å². The minimum absolute atomic E-state index is 0.146. The third-order valence-electron chi connectivity index (χ3n) is 2.97. The second-order valence-electron chi connectivity index (χ2n) is 4.63. The number of rotatable bonds is 4. The maximum Gasteiger partial charge on any atom is 0.164 e. The van der Waals surface area contributed by atoms with E-state index in [0.29, 0.717) is 12.3 Å². The van der Waals surface area contributed by atoms with Crippen LogP contribution in [-0.4, -0.2) is 15.6 Å². The number of hydrogen-bond acceptors (Lipinski definition) is 2. The van der Waals surface area contributed by atoms with Crippen LogP contribution in [0, 0.1) is 0 Å². The predicted molar refractivity (Wildman–Crippen MR) is 72.3 cm³/mol. The Bertz CT molecular complexity index is 555. The van der Waals surface area contributed by atoms with Crippen LogP contribution in [0.1, 0.15) is 49.2 Å². The molecular weight excluding hydrogens is 224 g/mol. The summed E-state index contributed by atoms with van der Waals surface area (Å²) in [5, 5.41) is 4.52. The van der Waals surface area contributed by atoms with E-state index >= 15 is 0 Å². The van der Waals surface area contributed by atoms with Crippen LogP contribution in [0.4, 0.5) is 0 Å². The number of benzene rings is 1. The molecule has 0 aliphatic rings. The van der Waals surface area contributed by atoms with Crippen LogP contribution in [-0.2, 0) is 0 Å². The van der Waals surface area contributed by atoms with Gasteiger partial charge < -0.3 is 0 Å². The zero-order valence-corrected chi connectivity index (χ0v) is 11.1. The number of Topliss-reactive ketones (excluding diaryl/α,β-unsaturated/α-hetero) is 1. The molecule has 0 amide bonds. The first kappa shape index (κ1) is 12.6. The Kier molecular flexibility index (Phi) is 3.60. The van der Waals surface area contributed by atoms with Gasteiger partial charge in [0.2, 0.25) is 0 Å². The number of nitrogens with zero attached hydrogens (tertiary/aromatic N) is 2. The Morgan fingerprint density at radius 2 is 2.00 bits per heavy atom. The van der Waals surface area contributed by atoms with Gasteiger partial charge in [-0.25, -0.2) is 4.68 Å². The van der Waals surface area contributed by atoms with Gasteiger partial charge >= 0.3 is 0 Å². The van der Waals surface area contributed by atoms with E-state index in [1.165, 1.54) is 0 Å². The molecule has 0 fully saturated rings. The summed E-state index contributed by atoms with van der Waals surface area (Å²) >= 11 is 0. The van der Waals surface area contributed by atoms with Gasteiger partial charge in [0.05, 0.1) is 11.4 Å². The summed E-state index contributed by atoms with van der Waals surface area (Å²) in [5.74, 6) is 0.535. The van der Waals surface area contributed by atoms with E-state index in [1.54, 1.807) is 4.68 Å². The van der Waals surface area contributed by atoms with Crippen molar-refractivity contribution in [2.45, 2.75) is 33.1 Å². The Hall–Kier alpha value is -1.90. The molecule has 3 heteroatoms. The standard InChI is InChI=1S/C15H18N2O/c1-4-15(18)12-7-5-6-8-14(12)17-10-9-13(16-17)11(2)3/h5-11H,4H2,1-3H3. The minimum atomic E-state index is 0.146. The maximum absolute atomic E-state index is 11.9. The minimum Gasteiger partial charge on any atom is -0.294 e. The zero-order chi connectivity index (χ0) is 13.1. The van der Waals surface area contributed by atoms with Gasteiger partial charge in [-0.3, -0.25) is 4.79 Å². The van der Waals surface area contributed by atoms with Crippen LogP contribution in [0.5, 0.6) is 0 Å². The molecule has 94 valence electrons. The van der Waals surface area contributed by atoms with Crippen molar-refractivity contribution in [1.82, 2.24) is 9.78 Å². The molecule has 0 aliphatic carbocycles. The summed E-state index contributed by atoms with van der Waals surface area (Å²) in [7, 11) is 0. The van der Waals surface area contributed by atoms with Crippen LogP contribution in [0.3, 0.4) is 0 Å². The van der Waals surface area contributed by atoms with Gasteiger partial charge in [-0.05, 0) is 24.1 Å². The summed E-state index contributed by atoms with van der Waals surface area (Å²) in [5.41, 5.74) is 2.63. The summed E-state index contributed by atoms with van der Waals surface area (Å²) in [6.45, 7) is 6.09. The summed E-state index contributed by atoms with van der Waals surface area (Å²) in [6, 6.07) is 9.60. The fourth-order valence-electron chi connectivity index (χ4n) is 1.88. The quantitative estimate of drug-likeness (QED) is 0.768. The van der Waals surface area contributed by atoms with Gasteiger partial charge in [-0.1, -0.05) is 32.9 Å². The molecule has 0 bridgehead atoms. The smallest absolute Gasteiger partial charge is 0.164 e. The highest BCUT2D eigenvalue weighted by Gasteiger charge is 2.12. The molecule has 0 saturated heterocycles. The molecule has 3 nitrogen and oxygen atoms in total. The first-order valence-electron chi connectivity index (χ1n) is 6.31. The molecule has 0 unspecified atom stereocenters. The molecule has 0 radical (unpaired) electrons. The lowest BCUT2D eigenvalue weighted by atomic mass is 10.1. The van der Waals surface area contributed by atoms with E-state index in [0.717, 1.165) is 16.9 Å². The first-order chi connectivity index (χ1) is 8.63. The fraction of sp³-hybridized carbons (Fsp3) is 0.333. The van der Waals surface area contributed by atoms with Gasteiger partial charge in [-0.15, -0.1) is 0 Å². The molecular formula is C15H18N2O. The first-order valence-corrected chi connectivity index (χ1v) is 6.31. The highest BCUT2D eigenvalue weighted by atomic mass is 16.1. The average molecular weight is 242 g/mol. The molecule has 1 aromatic heterocycles. The van der Waals surface area contributed by atoms with E-state index in [4.69, 9.17) is 0 Å². The van der Waals surface area contributed by atoms with Gasteiger partial charge in [0.25, 0.3) is 0 Å². The van der Waals surface area contributed by atoms with Crippen LogP contribution in [0.2, 0.25) is 0 Å². The van der Waals surface area contributed by atoms with E-state index in [2.05, 4.69) is 18.9 Å². The van der Waals surface area contributed by atoms with Crippen molar-refractivity contribution in [2.75, 3.05) is 0 Å². The van der Waals surface area contributed by atoms with E-state index < -0.39 is 0 Å². The summed E-state index contributed by atoms with van der Waals surface area (Å²) < 4.78 is 1.79. The van der Waals surface area contributed by atoms with Crippen LogP contribution in [0.15, 0.2) is 36.5 Å². The Morgan fingerprint density at radius 3 is 2.61 bits per heavy atom. The zero-order valence-electron chi connectivity index (χ0n) is 11.1. The Morgan fingerprint density at radius 1 is 1.28 bits per heavy atom. The summed E-state index contributed by atoms with van der Waals surface area (Å²) in [6.07, 6.45) is 2.42. The van der Waals surface area contributed by atoms with Crippen molar-refractivity contribution >= 4 is 5.78 Å². The lowest BCUT2D eigenvalue weighted by Gasteiger charge is -2.07. The van der Waals surface area contributed by atoms with Crippen molar-refractivity contribution in [3.8, 4) is 5.69 Å². The topological polar surface area (TPSA) is 34.9 Å². The molecule has 1 heterocycles. The van der Waals surface area contributed by atoms with Gasteiger partial charge in [0.15, 0.2) is 5.78 Å². The largest absolute Gasteiger partial charge is 0.294 e. The van der Waals surface area contributed by atoms with Crippen LogP contribution in [0.25, 0.3) is 5.69 Å². The fourth-order valence-corrected chi connectivity index (χ4v) is 1.88. The normalized spacial score (nSPS) is 10.9. The molecule has 0 spiro atoms. The van der Waals surface area contributed by atoms with Crippen molar-refractivity contribution in [3.63, 3.8) is 0 Å². The highest BCUT2D eigenvalue weighted by Crippen LogP contribution is 2.18. The summed E-state index contributed by atoms with van der Waals surface area (Å²) in [4.78, 5) is 11.9. The second-order valence-corrected chi connectivity index (χ2v) is 4.63.